The van der Waals surface area contributed by atoms with Crippen LogP contribution in [0.15, 0.2) is 66.4 Å². The van der Waals surface area contributed by atoms with Gasteiger partial charge < -0.3 is 19.9 Å². The minimum absolute atomic E-state index is 0.108. The molecule has 0 bridgehead atoms. The van der Waals surface area contributed by atoms with Crippen LogP contribution in [0.5, 0.6) is 5.75 Å². The fourth-order valence-corrected chi connectivity index (χ4v) is 3.69. The van der Waals surface area contributed by atoms with E-state index in [-0.39, 0.29) is 12.2 Å². The van der Waals surface area contributed by atoms with Crippen molar-refractivity contribution >= 4 is 29.6 Å². The molecule has 2 aromatic carbocycles. The number of carbonyl (C=O) groups excluding carboxylic acids is 3. The zero-order valence-electron chi connectivity index (χ0n) is 18.6. The Balaban J connectivity index is 1.53. The molecule has 1 aliphatic rings. The number of aryl methyl sites for hydroxylation is 2. The minimum Gasteiger partial charge on any atom is -0.497 e. The molecular formula is C25H24N4O4. The molecule has 4 amide bonds. The van der Waals surface area contributed by atoms with Crippen LogP contribution in [0.1, 0.15) is 17.0 Å². The average Bonchev–Trinajstić information content (AvgIpc) is 3.28. The molecule has 168 valence electrons. The third kappa shape index (κ3) is 4.64. The van der Waals surface area contributed by atoms with E-state index in [9.17, 15) is 14.4 Å². The van der Waals surface area contributed by atoms with Gasteiger partial charge in [0.05, 0.1) is 7.11 Å². The molecule has 8 heteroatoms. The van der Waals surface area contributed by atoms with Gasteiger partial charge in [0, 0.05) is 22.8 Å². The molecule has 0 unspecified atom stereocenters. The largest absolute Gasteiger partial charge is 0.497 e. The third-order valence-corrected chi connectivity index (χ3v) is 5.29. The van der Waals surface area contributed by atoms with Crippen LogP contribution in [0, 0.1) is 13.8 Å². The Labute approximate surface area is 191 Å². The highest BCUT2D eigenvalue weighted by Crippen LogP contribution is 2.23. The molecule has 3 aromatic rings. The molecule has 0 atom stereocenters. The predicted octanol–water partition coefficient (Wildman–Crippen LogP) is 3.63. The lowest BCUT2D eigenvalue weighted by atomic mass is 10.2. The Morgan fingerprint density at radius 2 is 1.82 bits per heavy atom. The molecule has 4 rings (SSSR count). The van der Waals surface area contributed by atoms with Gasteiger partial charge in [0.1, 0.15) is 18.0 Å². The molecule has 1 aromatic heterocycles. The van der Waals surface area contributed by atoms with E-state index in [1.165, 1.54) is 0 Å². The molecule has 0 saturated carbocycles. The number of amides is 4. The van der Waals surface area contributed by atoms with Crippen LogP contribution in [-0.2, 0) is 9.59 Å². The van der Waals surface area contributed by atoms with Crippen molar-refractivity contribution in [3.05, 3.63) is 83.3 Å². The summed E-state index contributed by atoms with van der Waals surface area (Å²) < 4.78 is 7.17. The summed E-state index contributed by atoms with van der Waals surface area (Å²) in [5, 5.41) is 5.28. The number of hydrogen-bond acceptors (Lipinski definition) is 4. The summed E-state index contributed by atoms with van der Waals surface area (Å²) >= 11 is 0. The number of aromatic nitrogens is 1. The van der Waals surface area contributed by atoms with Crippen LogP contribution in [0.3, 0.4) is 0 Å². The van der Waals surface area contributed by atoms with E-state index < -0.39 is 17.8 Å². The summed E-state index contributed by atoms with van der Waals surface area (Å²) in [7, 11) is 1.60. The van der Waals surface area contributed by atoms with E-state index in [0.717, 1.165) is 27.6 Å². The van der Waals surface area contributed by atoms with Gasteiger partial charge in [0.15, 0.2) is 0 Å². The summed E-state index contributed by atoms with van der Waals surface area (Å²) in [6.07, 6.45) is 1.61. The first-order valence-corrected chi connectivity index (χ1v) is 10.4. The number of imide groups is 1. The van der Waals surface area contributed by atoms with Crippen LogP contribution in [0.2, 0.25) is 0 Å². The van der Waals surface area contributed by atoms with E-state index in [0.29, 0.717) is 11.4 Å². The van der Waals surface area contributed by atoms with E-state index >= 15 is 0 Å². The lowest BCUT2D eigenvalue weighted by Crippen LogP contribution is -2.38. The normalized spacial score (nSPS) is 14.5. The molecule has 33 heavy (non-hydrogen) atoms. The number of rotatable bonds is 6. The standard InChI is InChI=1S/C25H24N4O4/c1-16-5-4-6-18(13-16)26-23(30)15-28-24(31)22(27-25(28)32)14-20-8-7-17(2)29(20)19-9-11-21(33-3)12-10-19/h4-14H,15H2,1-3H3,(H,26,30)(H,27,32)/b22-14-. The van der Waals surface area contributed by atoms with Gasteiger partial charge in [-0.3, -0.25) is 9.59 Å². The molecular weight excluding hydrogens is 420 g/mol. The third-order valence-electron chi connectivity index (χ3n) is 5.29. The zero-order chi connectivity index (χ0) is 23.5. The first-order valence-electron chi connectivity index (χ1n) is 10.4. The molecule has 0 radical (unpaired) electrons. The van der Waals surface area contributed by atoms with Crippen molar-refractivity contribution in [2.24, 2.45) is 0 Å². The predicted molar refractivity (Wildman–Crippen MR) is 125 cm³/mol. The maximum atomic E-state index is 12.9. The Morgan fingerprint density at radius 3 is 2.52 bits per heavy atom. The number of benzene rings is 2. The fourth-order valence-electron chi connectivity index (χ4n) is 3.69. The monoisotopic (exact) mass is 444 g/mol. The van der Waals surface area contributed by atoms with E-state index in [4.69, 9.17) is 4.74 Å². The topological polar surface area (TPSA) is 92.7 Å². The molecule has 1 aliphatic heterocycles. The van der Waals surface area contributed by atoms with Crippen LogP contribution < -0.4 is 15.4 Å². The van der Waals surface area contributed by atoms with Crippen molar-refractivity contribution in [1.29, 1.82) is 0 Å². The van der Waals surface area contributed by atoms with Gasteiger partial charge >= 0.3 is 6.03 Å². The average molecular weight is 444 g/mol. The van der Waals surface area contributed by atoms with Crippen molar-refractivity contribution in [3.63, 3.8) is 0 Å². The van der Waals surface area contributed by atoms with Crippen molar-refractivity contribution in [3.8, 4) is 11.4 Å². The Kier molecular flexibility index (Phi) is 5.99. The van der Waals surface area contributed by atoms with Gasteiger partial charge in [-0.05, 0) is 74.0 Å². The maximum absolute atomic E-state index is 12.9. The SMILES string of the molecule is COc1ccc(-n2c(C)ccc2/C=C2\NC(=O)N(CC(=O)Nc3cccc(C)c3)C2=O)cc1. The van der Waals surface area contributed by atoms with E-state index in [2.05, 4.69) is 10.6 Å². The van der Waals surface area contributed by atoms with Gasteiger partial charge in [0.2, 0.25) is 5.91 Å². The molecule has 2 N–H and O–H groups in total. The van der Waals surface area contributed by atoms with Gasteiger partial charge in [-0.25, -0.2) is 9.69 Å². The van der Waals surface area contributed by atoms with Crippen molar-refractivity contribution in [2.45, 2.75) is 13.8 Å². The summed E-state index contributed by atoms with van der Waals surface area (Å²) in [5.74, 6) is -0.274. The lowest BCUT2D eigenvalue weighted by molar-refractivity contribution is -0.127. The molecule has 8 nitrogen and oxygen atoms in total. The Morgan fingerprint density at radius 1 is 1.06 bits per heavy atom. The first-order chi connectivity index (χ1) is 15.9. The highest BCUT2D eigenvalue weighted by atomic mass is 16.5. The van der Waals surface area contributed by atoms with Crippen LogP contribution in [0.25, 0.3) is 11.8 Å². The number of hydrogen-bond donors (Lipinski definition) is 2. The number of urea groups is 1. The summed E-state index contributed by atoms with van der Waals surface area (Å²) in [6, 6.07) is 17.9. The van der Waals surface area contributed by atoms with Crippen molar-refractivity contribution in [2.75, 3.05) is 19.0 Å². The van der Waals surface area contributed by atoms with E-state index in [1.807, 2.05) is 73.0 Å². The van der Waals surface area contributed by atoms with Crippen LogP contribution >= 0.6 is 0 Å². The highest BCUT2D eigenvalue weighted by Gasteiger charge is 2.35. The second-order valence-corrected chi connectivity index (χ2v) is 7.73. The molecule has 1 fully saturated rings. The first kappa shape index (κ1) is 21.9. The summed E-state index contributed by atoms with van der Waals surface area (Å²) in [6.45, 7) is 3.48. The quantitative estimate of drug-likeness (QED) is 0.449. The van der Waals surface area contributed by atoms with Crippen LogP contribution in [-0.4, -0.2) is 41.0 Å². The van der Waals surface area contributed by atoms with Crippen molar-refractivity contribution in [1.82, 2.24) is 14.8 Å². The fraction of sp³-hybridized carbons (Fsp3) is 0.160. The molecule has 0 aliphatic carbocycles. The van der Waals surface area contributed by atoms with Gasteiger partial charge in [-0.2, -0.15) is 0 Å². The minimum atomic E-state index is -0.634. The zero-order valence-corrected chi connectivity index (χ0v) is 18.6. The number of nitrogens with zero attached hydrogens (tertiary/aromatic N) is 2. The molecule has 1 saturated heterocycles. The smallest absolute Gasteiger partial charge is 0.329 e. The molecule has 2 heterocycles. The van der Waals surface area contributed by atoms with Crippen molar-refractivity contribution < 1.29 is 19.1 Å². The lowest BCUT2D eigenvalue weighted by Gasteiger charge is -2.12. The summed E-state index contributed by atoms with van der Waals surface area (Å²) in [5.41, 5.74) is 4.26. The second-order valence-electron chi connectivity index (χ2n) is 7.73. The molecule has 0 spiro atoms. The number of nitrogens with one attached hydrogen (secondary N) is 2. The highest BCUT2D eigenvalue weighted by molar-refractivity contribution is 6.15. The number of carbonyl (C=O) groups is 3. The van der Waals surface area contributed by atoms with Gasteiger partial charge in [0.25, 0.3) is 5.91 Å². The number of methoxy groups -OCH3 is 1. The number of ether oxygens (including phenoxy) is 1. The Bertz CT molecular complexity index is 1260. The van der Waals surface area contributed by atoms with E-state index in [1.54, 1.807) is 19.3 Å². The Hall–Kier alpha value is -4.33. The maximum Gasteiger partial charge on any atom is 0.329 e. The number of anilines is 1. The van der Waals surface area contributed by atoms with Gasteiger partial charge in [-0.15, -0.1) is 0 Å². The summed E-state index contributed by atoms with van der Waals surface area (Å²) in [4.78, 5) is 38.6. The van der Waals surface area contributed by atoms with Crippen LogP contribution in [0.4, 0.5) is 10.5 Å². The second kappa shape index (κ2) is 9.04. The van der Waals surface area contributed by atoms with Gasteiger partial charge in [-0.1, -0.05) is 12.1 Å².